The van der Waals surface area contributed by atoms with Crippen molar-refractivity contribution in [1.82, 2.24) is 14.8 Å². The van der Waals surface area contributed by atoms with Gasteiger partial charge in [-0.1, -0.05) is 13.8 Å². The molecule has 5 nitrogen and oxygen atoms in total. The van der Waals surface area contributed by atoms with Crippen LogP contribution in [0.5, 0.6) is 0 Å². The van der Waals surface area contributed by atoms with Gasteiger partial charge in [0, 0.05) is 17.9 Å². The third-order valence-electron chi connectivity index (χ3n) is 2.62. The van der Waals surface area contributed by atoms with Gasteiger partial charge in [0.25, 0.3) is 0 Å². The van der Waals surface area contributed by atoms with E-state index in [1.165, 1.54) is 0 Å². The maximum Gasteiger partial charge on any atom is 0.181 e. The standard InChI is InChI=1S/C14H20N4O/c1-11(2)9-19-8-7-18-10-16-14(17-18)12-3-5-13(15)6-4-12/h3-6,10-11H,7-9,15H2,1-2H3. The number of ether oxygens (including phenoxy) is 1. The average molecular weight is 260 g/mol. The summed E-state index contributed by atoms with van der Waals surface area (Å²) in [6.45, 7) is 6.42. The van der Waals surface area contributed by atoms with Gasteiger partial charge in [-0.25, -0.2) is 4.98 Å². The van der Waals surface area contributed by atoms with E-state index in [4.69, 9.17) is 10.5 Å². The molecule has 1 aromatic carbocycles. The Morgan fingerprint density at radius 2 is 2.00 bits per heavy atom. The van der Waals surface area contributed by atoms with E-state index in [1.54, 1.807) is 11.0 Å². The largest absolute Gasteiger partial charge is 0.399 e. The molecule has 19 heavy (non-hydrogen) atoms. The van der Waals surface area contributed by atoms with Crippen LogP contribution in [0.2, 0.25) is 0 Å². The van der Waals surface area contributed by atoms with Crippen molar-refractivity contribution in [2.45, 2.75) is 20.4 Å². The minimum Gasteiger partial charge on any atom is -0.399 e. The molecular weight excluding hydrogens is 240 g/mol. The number of nitrogens with zero attached hydrogens (tertiary/aromatic N) is 3. The zero-order valence-corrected chi connectivity index (χ0v) is 11.4. The number of aromatic nitrogens is 3. The molecule has 0 saturated carbocycles. The lowest BCUT2D eigenvalue weighted by atomic mass is 10.2. The number of hydrogen-bond donors (Lipinski definition) is 1. The number of anilines is 1. The summed E-state index contributed by atoms with van der Waals surface area (Å²) in [6, 6.07) is 7.54. The third kappa shape index (κ3) is 4.06. The fourth-order valence-corrected chi connectivity index (χ4v) is 1.64. The number of benzene rings is 1. The molecule has 2 rings (SSSR count). The summed E-state index contributed by atoms with van der Waals surface area (Å²) in [7, 11) is 0. The number of hydrogen-bond acceptors (Lipinski definition) is 4. The van der Waals surface area contributed by atoms with Crippen molar-refractivity contribution < 1.29 is 4.74 Å². The monoisotopic (exact) mass is 260 g/mol. The molecule has 102 valence electrons. The fraction of sp³-hybridized carbons (Fsp3) is 0.429. The van der Waals surface area contributed by atoms with Gasteiger partial charge < -0.3 is 10.5 Å². The van der Waals surface area contributed by atoms with Gasteiger partial charge in [0.2, 0.25) is 0 Å². The summed E-state index contributed by atoms with van der Waals surface area (Å²) in [5.41, 5.74) is 7.36. The van der Waals surface area contributed by atoms with E-state index in [0.717, 1.165) is 17.9 Å². The van der Waals surface area contributed by atoms with E-state index in [1.807, 2.05) is 24.3 Å². The van der Waals surface area contributed by atoms with Crippen LogP contribution in [0.25, 0.3) is 11.4 Å². The summed E-state index contributed by atoms with van der Waals surface area (Å²) in [6.07, 6.45) is 1.73. The first kappa shape index (κ1) is 13.5. The topological polar surface area (TPSA) is 66.0 Å². The molecule has 5 heteroatoms. The summed E-state index contributed by atoms with van der Waals surface area (Å²) in [5.74, 6) is 1.27. The molecule has 0 aliphatic carbocycles. The maximum atomic E-state index is 5.65. The Hall–Kier alpha value is -1.88. The quantitative estimate of drug-likeness (QED) is 0.638. The molecule has 1 aromatic heterocycles. The van der Waals surface area contributed by atoms with Crippen LogP contribution < -0.4 is 5.73 Å². The van der Waals surface area contributed by atoms with Crippen LogP contribution >= 0.6 is 0 Å². The van der Waals surface area contributed by atoms with Crippen LogP contribution in [0.1, 0.15) is 13.8 Å². The lowest BCUT2D eigenvalue weighted by Crippen LogP contribution is -2.09. The second-order valence-corrected chi connectivity index (χ2v) is 4.92. The van der Waals surface area contributed by atoms with Crippen molar-refractivity contribution in [3.63, 3.8) is 0 Å². The first-order chi connectivity index (χ1) is 9.15. The van der Waals surface area contributed by atoms with E-state index >= 15 is 0 Å². The molecular formula is C14H20N4O. The first-order valence-corrected chi connectivity index (χ1v) is 6.48. The summed E-state index contributed by atoms with van der Waals surface area (Å²) in [5, 5.41) is 4.41. The van der Waals surface area contributed by atoms with Crippen LogP contribution in [0, 0.1) is 5.92 Å². The molecule has 0 atom stereocenters. The van der Waals surface area contributed by atoms with E-state index in [9.17, 15) is 0 Å². The normalized spacial score (nSPS) is 11.1. The zero-order valence-electron chi connectivity index (χ0n) is 11.4. The maximum absolute atomic E-state index is 5.65. The molecule has 0 unspecified atom stereocenters. The van der Waals surface area contributed by atoms with Crippen molar-refractivity contribution in [1.29, 1.82) is 0 Å². The first-order valence-electron chi connectivity index (χ1n) is 6.48. The highest BCUT2D eigenvalue weighted by Gasteiger charge is 2.04. The predicted molar refractivity (Wildman–Crippen MR) is 75.5 cm³/mol. The van der Waals surface area contributed by atoms with Gasteiger partial charge in [-0.05, 0) is 30.2 Å². The van der Waals surface area contributed by atoms with E-state index < -0.39 is 0 Å². The Balaban J connectivity index is 1.90. The molecule has 0 radical (unpaired) electrons. The minimum absolute atomic E-state index is 0.557. The lowest BCUT2D eigenvalue weighted by molar-refractivity contribution is 0.101. The van der Waals surface area contributed by atoms with Gasteiger partial charge in [-0.3, -0.25) is 4.68 Å². The minimum atomic E-state index is 0.557. The molecule has 2 aromatic rings. The summed E-state index contributed by atoms with van der Waals surface area (Å²) < 4.78 is 7.32. The van der Waals surface area contributed by atoms with Crippen molar-refractivity contribution in [3.8, 4) is 11.4 Å². The Morgan fingerprint density at radius 1 is 1.26 bits per heavy atom. The highest BCUT2D eigenvalue weighted by molar-refractivity contribution is 5.57. The molecule has 2 N–H and O–H groups in total. The molecule has 0 spiro atoms. The van der Waals surface area contributed by atoms with Crippen LogP contribution in [0.4, 0.5) is 5.69 Å². The van der Waals surface area contributed by atoms with Gasteiger partial charge in [-0.15, -0.1) is 0 Å². The number of nitrogens with two attached hydrogens (primary N) is 1. The molecule has 1 heterocycles. The molecule has 0 amide bonds. The smallest absolute Gasteiger partial charge is 0.181 e. The van der Waals surface area contributed by atoms with Crippen molar-refractivity contribution >= 4 is 5.69 Å². The van der Waals surface area contributed by atoms with Crippen molar-refractivity contribution in [2.24, 2.45) is 5.92 Å². The second-order valence-electron chi connectivity index (χ2n) is 4.92. The zero-order chi connectivity index (χ0) is 13.7. The number of nitrogen functional groups attached to an aromatic ring is 1. The Kier molecular flexibility index (Phi) is 4.52. The molecule has 0 fully saturated rings. The highest BCUT2D eigenvalue weighted by Crippen LogP contribution is 2.15. The van der Waals surface area contributed by atoms with Crippen LogP contribution in [0.15, 0.2) is 30.6 Å². The second kappa shape index (κ2) is 6.33. The molecule has 0 aliphatic heterocycles. The molecule has 0 bridgehead atoms. The Labute approximate surface area is 113 Å². The number of rotatable bonds is 6. The lowest BCUT2D eigenvalue weighted by Gasteiger charge is -2.06. The van der Waals surface area contributed by atoms with E-state index in [0.29, 0.717) is 24.9 Å². The van der Waals surface area contributed by atoms with Crippen molar-refractivity contribution in [2.75, 3.05) is 18.9 Å². The van der Waals surface area contributed by atoms with E-state index in [-0.39, 0.29) is 0 Å². The van der Waals surface area contributed by atoms with Crippen molar-refractivity contribution in [3.05, 3.63) is 30.6 Å². The Bertz CT molecular complexity index is 504. The summed E-state index contributed by atoms with van der Waals surface area (Å²) >= 11 is 0. The van der Waals surface area contributed by atoms with Gasteiger partial charge in [0.1, 0.15) is 6.33 Å². The van der Waals surface area contributed by atoms with Crippen LogP contribution in [-0.2, 0) is 11.3 Å². The molecule has 0 aliphatic rings. The third-order valence-corrected chi connectivity index (χ3v) is 2.62. The fourth-order valence-electron chi connectivity index (χ4n) is 1.64. The average Bonchev–Trinajstić information content (AvgIpc) is 2.84. The van der Waals surface area contributed by atoms with Gasteiger partial charge in [0.05, 0.1) is 13.2 Å². The van der Waals surface area contributed by atoms with E-state index in [2.05, 4.69) is 23.9 Å². The molecule has 0 saturated heterocycles. The summed E-state index contributed by atoms with van der Waals surface area (Å²) in [4.78, 5) is 4.29. The van der Waals surface area contributed by atoms with Gasteiger partial charge in [-0.2, -0.15) is 5.10 Å². The predicted octanol–water partition coefficient (Wildman–Crippen LogP) is 2.20. The van der Waals surface area contributed by atoms with Crippen LogP contribution in [0.3, 0.4) is 0 Å². The highest BCUT2D eigenvalue weighted by atomic mass is 16.5. The van der Waals surface area contributed by atoms with Gasteiger partial charge in [0.15, 0.2) is 5.82 Å². The van der Waals surface area contributed by atoms with Gasteiger partial charge >= 0.3 is 0 Å². The Morgan fingerprint density at radius 3 is 2.68 bits per heavy atom. The van der Waals surface area contributed by atoms with Crippen LogP contribution in [-0.4, -0.2) is 28.0 Å². The SMILES string of the molecule is CC(C)COCCn1cnc(-c2ccc(N)cc2)n1.